The molecule has 4 aromatic carbocycles. The van der Waals surface area contributed by atoms with E-state index >= 15 is 0 Å². The Morgan fingerprint density at radius 3 is 1.47 bits per heavy atom. The number of hydrogen-bond acceptors (Lipinski definition) is 13. The van der Waals surface area contributed by atoms with Crippen LogP contribution in [0.15, 0.2) is 90.4 Å². The van der Waals surface area contributed by atoms with Crippen LogP contribution in [0.25, 0.3) is 22.8 Å². The van der Waals surface area contributed by atoms with Crippen LogP contribution in [0.3, 0.4) is 0 Å². The molecule has 0 spiro atoms. The number of aryl methyl sites for hydroxylation is 4. The van der Waals surface area contributed by atoms with Crippen molar-refractivity contribution in [3.05, 3.63) is 149 Å². The van der Waals surface area contributed by atoms with E-state index in [1.54, 1.807) is 51.9 Å². The molecule has 0 unspecified atom stereocenters. The standard InChI is InChI=1S/C11H13N3O3.C9H8N4O2.C9H10N4.C8H8N2O3.V/c1-8-4-5-9(6-10(8)14(16)17)11(15)12-7-13(2)3;1-6-2-3-7(4-8(6)13(14)15)9-10-5-11-12-9;1-6-2-3-7(4-8(6)10)9-11-5-12-13-9;1-5-2-3-6(8(9)11)4-7(5)10(12)13;/h4-7H,1-3H3;2-5H,1H3,(H,10,11,12);2-5H,10H2,1H3,(H,11,12,13);2-4H,1H3,(H2,9,11);. The van der Waals surface area contributed by atoms with Gasteiger partial charge in [-0.25, -0.2) is 9.97 Å². The Morgan fingerprint density at radius 2 is 1.07 bits per heavy atom. The van der Waals surface area contributed by atoms with Crippen LogP contribution in [0.4, 0.5) is 22.7 Å². The number of anilines is 1. The van der Waals surface area contributed by atoms with E-state index in [2.05, 4.69) is 35.4 Å². The summed E-state index contributed by atoms with van der Waals surface area (Å²) in [6.07, 6.45) is 4.19. The molecule has 305 valence electrons. The number of nitro groups is 3. The first-order valence-corrected chi connectivity index (χ1v) is 16.8. The van der Waals surface area contributed by atoms with Crippen molar-refractivity contribution in [3.8, 4) is 22.8 Å². The molecule has 0 atom stereocenters. The number of amides is 2. The van der Waals surface area contributed by atoms with Crippen molar-refractivity contribution in [2.24, 2.45) is 10.7 Å². The number of nitro benzene ring substituents is 3. The first-order chi connectivity index (χ1) is 27.4. The van der Waals surface area contributed by atoms with Crippen molar-refractivity contribution in [1.29, 1.82) is 0 Å². The van der Waals surface area contributed by atoms with E-state index in [0.29, 0.717) is 28.1 Å². The Kier molecular flexibility index (Phi) is 17.9. The first-order valence-electron chi connectivity index (χ1n) is 16.8. The summed E-state index contributed by atoms with van der Waals surface area (Å²) >= 11 is 0. The van der Waals surface area contributed by atoms with Gasteiger partial charge in [-0.05, 0) is 51.5 Å². The van der Waals surface area contributed by atoms with E-state index in [0.717, 1.165) is 22.6 Å². The molecule has 22 heteroatoms. The Labute approximate surface area is 348 Å². The van der Waals surface area contributed by atoms with Crippen molar-refractivity contribution < 1.29 is 42.9 Å². The van der Waals surface area contributed by atoms with Gasteiger partial charge in [-0.3, -0.25) is 50.1 Å². The molecule has 2 heterocycles. The number of nitrogens with zero attached hydrogens (tertiary/aromatic N) is 9. The molecule has 1 radical (unpaired) electrons. The molecule has 0 aliphatic rings. The Balaban J connectivity index is 0.000000271. The van der Waals surface area contributed by atoms with E-state index in [1.807, 2.05) is 25.1 Å². The Morgan fingerprint density at radius 1 is 0.661 bits per heavy atom. The summed E-state index contributed by atoms with van der Waals surface area (Å²) in [5.41, 5.74) is 16.1. The SMILES string of the molecule is Cc1ccc(-c2ncn[nH]2)cc1N.Cc1ccc(-c2ncn[nH]2)cc1[N+](=O)[O-].Cc1ccc(C(=O)N=CN(C)C)cc1[N+](=O)[O-].Cc1ccc(C(N)=O)cc1[N+](=O)[O-].[V]. The van der Waals surface area contributed by atoms with Crippen LogP contribution in [-0.4, -0.2) is 82.3 Å². The van der Waals surface area contributed by atoms with E-state index in [9.17, 15) is 39.9 Å². The molecule has 0 aliphatic heterocycles. The third-order valence-electron chi connectivity index (χ3n) is 7.81. The predicted octanol–water partition coefficient (Wildman–Crippen LogP) is 5.68. The second kappa shape index (κ2) is 22.2. The number of nitrogens with two attached hydrogens (primary N) is 2. The van der Waals surface area contributed by atoms with E-state index in [1.165, 1.54) is 61.5 Å². The van der Waals surface area contributed by atoms with Crippen molar-refractivity contribution in [3.63, 3.8) is 0 Å². The smallest absolute Gasteiger partial charge is 0.278 e. The second-order valence-corrected chi connectivity index (χ2v) is 12.4. The van der Waals surface area contributed by atoms with Crippen molar-refractivity contribution >= 4 is 40.9 Å². The Hall–Kier alpha value is -7.65. The summed E-state index contributed by atoms with van der Waals surface area (Å²) < 4.78 is 0. The molecule has 21 nitrogen and oxygen atoms in total. The molecule has 59 heavy (non-hydrogen) atoms. The van der Waals surface area contributed by atoms with E-state index in [-0.39, 0.29) is 46.7 Å². The summed E-state index contributed by atoms with van der Waals surface area (Å²) in [7, 11) is 3.46. The zero-order valence-electron chi connectivity index (χ0n) is 32.6. The largest absolute Gasteiger partial charge is 0.398 e. The van der Waals surface area contributed by atoms with Gasteiger partial charge in [0.2, 0.25) is 5.91 Å². The monoisotopic (exact) mass is 844 g/mol. The molecular weight excluding hydrogens is 805 g/mol. The summed E-state index contributed by atoms with van der Waals surface area (Å²) in [4.78, 5) is 65.9. The van der Waals surface area contributed by atoms with Crippen molar-refractivity contribution in [2.45, 2.75) is 27.7 Å². The van der Waals surface area contributed by atoms with Gasteiger partial charge in [0.15, 0.2) is 11.6 Å². The summed E-state index contributed by atoms with van der Waals surface area (Å²) in [6, 6.07) is 19.2. The normalized spacial score (nSPS) is 10.0. The minimum absolute atomic E-state index is 0. The van der Waals surface area contributed by atoms with Gasteiger partial charge in [0.25, 0.3) is 23.0 Å². The van der Waals surface area contributed by atoms with E-state index < -0.39 is 26.6 Å². The van der Waals surface area contributed by atoms with Crippen LogP contribution in [0.2, 0.25) is 0 Å². The van der Waals surface area contributed by atoms with Gasteiger partial charge in [-0.15, -0.1) is 0 Å². The van der Waals surface area contributed by atoms with Crippen LogP contribution in [-0.2, 0) is 18.6 Å². The fourth-order valence-electron chi connectivity index (χ4n) is 4.57. The van der Waals surface area contributed by atoms with Gasteiger partial charge >= 0.3 is 0 Å². The molecular formula is C37H39N13O8V. The molecule has 6 aromatic rings. The number of aliphatic imine (C=N–C) groups is 1. The number of H-pyrrole nitrogens is 2. The van der Waals surface area contributed by atoms with Crippen LogP contribution in [0.1, 0.15) is 43.0 Å². The fraction of sp³-hybridized carbons (Fsp3) is 0.162. The number of primary amides is 1. The summed E-state index contributed by atoms with van der Waals surface area (Å²) in [6.45, 7) is 6.89. The number of aromatic nitrogens is 6. The number of nitrogens with one attached hydrogen (secondary N) is 2. The van der Waals surface area contributed by atoms with Gasteiger partial charge in [-0.1, -0.05) is 36.4 Å². The van der Waals surface area contributed by atoms with Gasteiger partial charge in [0, 0.05) is 95.5 Å². The molecule has 6 N–H and O–H groups in total. The average molecular weight is 845 g/mol. The first kappa shape index (κ1) is 47.5. The molecule has 0 saturated heterocycles. The van der Waals surface area contributed by atoms with Crippen LogP contribution < -0.4 is 11.5 Å². The van der Waals surface area contributed by atoms with Crippen molar-refractivity contribution in [2.75, 3.05) is 19.8 Å². The summed E-state index contributed by atoms with van der Waals surface area (Å²) in [5, 5.41) is 44.8. The number of nitrogen functional groups attached to an aromatic ring is 1. The number of benzene rings is 4. The predicted molar refractivity (Wildman–Crippen MR) is 215 cm³/mol. The maximum Gasteiger partial charge on any atom is 0.278 e. The molecule has 2 aromatic heterocycles. The second-order valence-electron chi connectivity index (χ2n) is 12.4. The fourth-order valence-corrected chi connectivity index (χ4v) is 4.57. The maximum absolute atomic E-state index is 11.6. The van der Waals surface area contributed by atoms with Crippen LogP contribution >= 0.6 is 0 Å². The number of carbonyl (C=O) groups excluding carboxylic acids is 2. The third kappa shape index (κ3) is 14.1. The molecule has 0 aliphatic carbocycles. The van der Waals surface area contributed by atoms with Gasteiger partial charge in [0.1, 0.15) is 12.7 Å². The zero-order chi connectivity index (χ0) is 43.1. The minimum atomic E-state index is -0.664. The number of carbonyl (C=O) groups is 2. The average Bonchev–Trinajstić information content (AvgIpc) is 3.92. The number of hydrogen-bond donors (Lipinski definition) is 4. The molecule has 6 rings (SSSR count). The maximum atomic E-state index is 11.6. The molecule has 0 fully saturated rings. The molecule has 0 bridgehead atoms. The quantitative estimate of drug-likeness (QED) is 0.0471. The minimum Gasteiger partial charge on any atom is -0.398 e. The van der Waals surface area contributed by atoms with Gasteiger partial charge < -0.3 is 16.4 Å². The third-order valence-corrected chi connectivity index (χ3v) is 7.81. The van der Waals surface area contributed by atoms with Gasteiger partial charge in [-0.2, -0.15) is 15.2 Å². The van der Waals surface area contributed by atoms with Crippen LogP contribution in [0.5, 0.6) is 0 Å². The zero-order valence-corrected chi connectivity index (χ0v) is 33.9. The number of rotatable bonds is 8. The summed E-state index contributed by atoms with van der Waals surface area (Å²) in [5.74, 6) is 0.106. The van der Waals surface area contributed by atoms with Crippen LogP contribution in [0, 0.1) is 58.0 Å². The topological polar surface area (TPSA) is 314 Å². The van der Waals surface area contributed by atoms with Gasteiger partial charge in [0.05, 0.1) is 21.1 Å². The number of aromatic amines is 2. The Bertz CT molecular complexity index is 2440. The van der Waals surface area contributed by atoms with E-state index in [4.69, 9.17) is 11.5 Å². The molecule has 0 saturated carbocycles. The van der Waals surface area contributed by atoms with Crippen molar-refractivity contribution in [1.82, 2.24) is 35.3 Å². The molecule has 2 amide bonds.